The molecule has 1 amide bonds. The molecule has 0 unspecified atom stereocenters. The molecule has 6 heteroatoms. The Kier molecular flexibility index (Phi) is 4.85. The molecule has 1 N–H and O–H groups in total. The quantitative estimate of drug-likeness (QED) is 0.861. The number of carbonyl (C=O) groups excluding carboxylic acids is 1. The molecular formula is C22H27N3O2S. The number of piperidine rings is 3. The Morgan fingerprint density at radius 3 is 2.79 bits per heavy atom. The normalized spacial score (nSPS) is 29.7. The summed E-state index contributed by atoms with van der Waals surface area (Å²) in [5.41, 5.74) is 2.07. The average Bonchev–Trinajstić information content (AvgIpc) is 3.21. The summed E-state index contributed by atoms with van der Waals surface area (Å²) in [6.45, 7) is 1.92. The van der Waals surface area contributed by atoms with Gasteiger partial charge in [-0.15, -0.1) is 11.3 Å². The first-order valence-corrected chi connectivity index (χ1v) is 11.3. The van der Waals surface area contributed by atoms with Crippen molar-refractivity contribution in [1.82, 2.24) is 9.88 Å². The predicted molar refractivity (Wildman–Crippen MR) is 110 cm³/mol. The largest absolute Gasteiger partial charge is 0.390 e. The molecule has 3 saturated heterocycles. The number of hydrogen-bond acceptors (Lipinski definition) is 5. The summed E-state index contributed by atoms with van der Waals surface area (Å²) in [7, 11) is 0. The van der Waals surface area contributed by atoms with Crippen LogP contribution in [0.3, 0.4) is 0 Å². The Morgan fingerprint density at radius 1 is 1.18 bits per heavy atom. The van der Waals surface area contributed by atoms with E-state index in [2.05, 4.69) is 45.1 Å². The third-order valence-corrected chi connectivity index (χ3v) is 7.71. The van der Waals surface area contributed by atoms with Gasteiger partial charge < -0.3 is 14.9 Å². The number of aromatic nitrogens is 1. The van der Waals surface area contributed by atoms with E-state index in [1.165, 1.54) is 12.0 Å². The second kappa shape index (κ2) is 7.48. The number of aliphatic hydroxyl groups is 1. The van der Waals surface area contributed by atoms with Crippen LogP contribution >= 0.6 is 11.3 Å². The van der Waals surface area contributed by atoms with Gasteiger partial charge in [-0.05, 0) is 43.1 Å². The number of rotatable bonds is 4. The zero-order chi connectivity index (χ0) is 19.1. The van der Waals surface area contributed by atoms with E-state index in [0.717, 1.165) is 43.2 Å². The van der Waals surface area contributed by atoms with Crippen molar-refractivity contribution in [2.45, 2.75) is 50.8 Å². The number of benzene rings is 1. The minimum Gasteiger partial charge on any atom is -0.390 e. The van der Waals surface area contributed by atoms with E-state index in [1.807, 2.05) is 5.38 Å². The molecule has 0 radical (unpaired) electrons. The fraction of sp³-hybridized carbons (Fsp3) is 0.545. The summed E-state index contributed by atoms with van der Waals surface area (Å²) in [5.74, 6) is 1.35. The van der Waals surface area contributed by atoms with Crippen LogP contribution in [0.15, 0.2) is 35.7 Å². The first-order valence-electron chi connectivity index (χ1n) is 10.4. The van der Waals surface area contributed by atoms with Crippen LogP contribution in [0.4, 0.5) is 5.13 Å². The molecule has 148 valence electrons. The Balaban J connectivity index is 1.45. The summed E-state index contributed by atoms with van der Waals surface area (Å²) in [6.07, 6.45) is 5.00. The number of nitrogens with zero attached hydrogens (tertiary/aromatic N) is 3. The fourth-order valence-corrected chi connectivity index (χ4v) is 6.40. The standard InChI is InChI=1S/C22H27N3O2S/c26-13-18-14-28-22(23-18)24-11-16-10-17(12-24)20(9-15-5-2-1-3-6-15)25-19(16)7-4-8-21(25)27/h1-3,5-6,14,16-17,19-20,26H,4,7-13H2/t16-,17+,19+,20+/m1/s1. The van der Waals surface area contributed by atoms with Crippen molar-refractivity contribution < 1.29 is 9.90 Å². The van der Waals surface area contributed by atoms with E-state index < -0.39 is 0 Å². The van der Waals surface area contributed by atoms with Crippen molar-refractivity contribution in [2.24, 2.45) is 11.8 Å². The van der Waals surface area contributed by atoms with Gasteiger partial charge in [0.15, 0.2) is 5.13 Å². The molecule has 0 aliphatic carbocycles. The van der Waals surface area contributed by atoms with Crippen molar-refractivity contribution in [3.05, 3.63) is 47.0 Å². The lowest BCUT2D eigenvalue weighted by molar-refractivity contribution is -0.148. The van der Waals surface area contributed by atoms with Crippen LogP contribution in [0, 0.1) is 11.8 Å². The van der Waals surface area contributed by atoms with Gasteiger partial charge >= 0.3 is 0 Å². The van der Waals surface area contributed by atoms with E-state index in [0.29, 0.717) is 30.2 Å². The van der Waals surface area contributed by atoms with Crippen LogP contribution in [0.25, 0.3) is 0 Å². The van der Waals surface area contributed by atoms with Gasteiger partial charge in [0.1, 0.15) is 0 Å². The molecule has 4 atom stereocenters. The third-order valence-electron chi connectivity index (χ3n) is 6.76. The molecule has 3 aliphatic rings. The number of amides is 1. The van der Waals surface area contributed by atoms with Crippen LogP contribution in [0.1, 0.15) is 36.9 Å². The number of carbonyl (C=O) groups is 1. The topological polar surface area (TPSA) is 56.7 Å². The second-order valence-electron chi connectivity index (χ2n) is 8.46. The zero-order valence-electron chi connectivity index (χ0n) is 16.0. The lowest BCUT2D eigenvalue weighted by Crippen LogP contribution is -2.65. The van der Waals surface area contributed by atoms with Crippen LogP contribution in [-0.4, -0.2) is 46.1 Å². The highest BCUT2D eigenvalue weighted by molar-refractivity contribution is 7.13. The van der Waals surface area contributed by atoms with Gasteiger partial charge in [0.2, 0.25) is 5.91 Å². The number of fused-ring (bicyclic) bond motifs is 4. The first-order chi connectivity index (χ1) is 13.7. The minimum atomic E-state index is -0.00126. The van der Waals surface area contributed by atoms with Crippen molar-refractivity contribution in [1.29, 1.82) is 0 Å². The maximum atomic E-state index is 12.9. The van der Waals surface area contributed by atoms with Gasteiger partial charge in [0.25, 0.3) is 0 Å². The number of aliphatic hydroxyl groups excluding tert-OH is 1. The van der Waals surface area contributed by atoms with Crippen LogP contribution < -0.4 is 4.90 Å². The summed E-state index contributed by atoms with van der Waals surface area (Å²) in [4.78, 5) is 22.2. The Morgan fingerprint density at radius 2 is 2.00 bits per heavy atom. The van der Waals surface area contributed by atoms with E-state index in [1.54, 1.807) is 11.3 Å². The SMILES string of the molecule is O=C1CCC[C@H]2[C@@H]3C[C@@H](CN(c4nc(CO)cs4)C3)[C@H](Cc3ccccc3)N12. The number of thiazole rings is 1. The summed E-state index contributed by atoms with van der Waals surface area (Å²) in [6, 6.07) is 11.3. The summed E-state index contributed by atoms with van der Waals surface area (Å²) >= 11 is 1.63. The van der Waals surface area contributed by atoms with Gasteiger partial charge in [-0.2, -0.15) is 0 Å². The molecule has 3 aliphatic heterocycles. The minimum absolute atomic E-state index is 0.00126. The van der Waals surface area contributed by atoms with Crippen molar-refractivity contribution >= 4 is 22.4 Å². The smallest absolute Gasteiger partial charge is 0.223 e. The average molecular weight is 398 g/mol. The maximum absolute atomic E-state index is 12.9. The van der Waals surface area contributed by atoms with Crippen LogP contribution in [0.5, 0.6) is 0 Å². The Bertz CT molecular complexity index is 839. The number of anilines is 1. The second-order valence-corrected chi connectivity index (χ2v) is 9.29. The fourth-order valence-electron chi connectivity index (χ4n) is 5.56. The van der Waals surface area contributed by atoms with Gasteiger partial charge in [0.05, 0.1) is 12.3 Å². The molecule has 0 saturated carbocycles. The molecule has 5 rings (SSSR count). The lowest BCUT2D eigenvalue weighted by Gasteiger charge is -2.56. The molecule has 0 spiro atoms. The van der Waals surface area contributed by atoms with E-state index in [-0.39, 0.29) is 12.6 Å². The van der Waals surface area contributed by atoms with Gasteiger partial charge in [-0.3, -0.25) is 4.79 Å². The predicted octanol–water partition coefficient (Wildman–Crippen LogP) is 3.08. The van der Waals surface area contributed by atoms with E-state index >= 15 is 0 Å². The van der Waals surface area contributed by atoms with Crippen molar-refractivity contribution in [2.75, 3.05) is 18.0 Å². The molecule has 3 fully saturated rings. The molecule has 28 heavy (non-hydrogen) atoms. The molecule has 5 nitrogen and oxygen atoms in total. The molecular weight excluding hydrogens is 370 g/mol. The van der Waals surface area contributed by atoms with Crippen molar-refractivity contribution in [3.63, 3.8) is 0 Å². The molecule has 2 aromatic rings. The first kappa shape index (κ1) is 18.1. The van der Waals surface area contributed by atoms with Gasteiger partial charge in [-0.25, -0.2) is 4.98 Å². The highest BCUT2D eigenvalue weighted by Gasteiger charge is 2.49. The number of hydrogen-bond donors (Lipinski definition) is 1. The van der Waals surface area contributed by atoms with E-state index in [4.69, 9.17) is 0 Å². The Hall–Kier alpha value is -1.92. The van der Waals surface area contributed by atoms with Crippen LogP contribution in [-0.2, 0) is 17.8 Å². The molecule has 1 aromatic carbocycles. The van der Waals surface area contributed by atoms with Crippen LogP contribution in [0.2, 0.25) is 0 Å². The van der Waals surface area contributed by atoms with Gasteiger partial charge in [-0.1, -0.05) is 30.3 Å². The highest BCUT2D eigenvalue weighted by Crippen LogP contribution is 2.43. The maximum Gasteiger partial charge on any atom is 0.223 e. The molecule has 1 aromatic heterocycles. The van der Waals surface area contributed by atoms with Gasteiger partial charge in [0, 0.05) is 37.0 Å². The van der Waals surface area contributed by atoms with Crippen molar-refractivity contribution in [3.8, 4) is 0 Å². The zero-order valence-corrected chi connectivity index (χ0v) is 16.9. The lowest BCUT2D eigenvalue weighted by atomic mass is 9.71. The Labute approximate surface area is 170 Å². The van der Waals surface area contributed by atoms with E-state index in [9.17, 15) is 9.90 Å². The highest BCUT2D eigenvalue weighted by atomic mass is 32.1. The third kappa shape index (κ3) is 3.22. The monoisotopic (exact) mass is 397 g/mol. The molecule has 2 bridgehead atoms. The summed E-state index contributed by atoms with van der Waals surface area (Å²) in [5, 5.41) is 12.4. The molecule has 4 heterocycles. The summed E-state index contributed by atoms with van der Waals surface area (Å²) < 4.78 is 0.